The van der Waals surface area contributed by atoms with E-state index in [1.807, 2.05) is 32.0 Å². The lowest BCUT2D eigenvalue weighted by Gasteiger charge is -2.22. The highest BCUT2D eigenvalue weighted by Gasteiger charge is 2.38. The molecule has 192 valence electrons. The number of halogens is 1. The van der Waals surface area contributed by atoms with Crippen molar-refractivity contribution in [2.45, 2.75) is 32.2 Å². The summed E-state index contributed by atoms with van der Waals surface area (Å²) in [5.74, 6) is -0.525. The third kappa shape index (κ3) is 5.61. The molecule has 0 atom stereocenters. The normalized spacial score (nSPS) is 15.1. The van der Waals surface area contributed by atoms with Crippen LogP contribution in [0.25, 0.3) is 6.08 Å². The molecule has 1 N–H and O–H groups in total. The smallest absolute Gasteiger partial charge is 0.343 e. The molecule has 1 aromatic heterocycles. The molecule has 4 rings (SSSR count). The Labute approximate surface area is 223 Å². The summed E-state index contributed by atoms with van der Waals surface area (Å²) in [5.41, 5.74) is 3.34. The molecule has 2 aromatic carbocycles. The minimum absolute atomic E-state index is 0.0538. The Hall–Kier alpha value is -3.47. The summed E-state index contributed by atoms with van der Waals surface area (Å²) in [6.07, 6.45) is 1.53. The summed E-state index contributed by atoms with van der Waals surface area (Å²) in [6.45, 7) is 5.51. The van der Waals surface area contributed by atoms with Crippen molar-refractivity contribution in [3.8, 4) is 0 Å². The number of Topliss-reactive ketones (excluding diaryl/α,β-unsaturated/α-hetero) is 1. The quantitative estimate of drug-likeness (QED) is 0.236. The van der Waals surface area contributed by atoms with Crippen LogP contribution in [0.3, 0.4) is 0 Å². The summed E-state index contributed by atoms with van der Waals surface area (Å²) >= 11 is 3.28. The van der Waals surface area contributed by atoms with Crippen molar-refractivity contribution < 1.29 is 27.2 Å². The molecule has 37 heavy (non-hydrogen) atoms. The summed E-state index contributed by atoms with van der Waals surface area (Å²) < 4.78 is 39.1. The number of carbonyl (C=O) groups excluding carboxylic acids is 2. The number of esters is 1. The van der Waals surface area contributed by atoms with E-state index in [-0.39, 0.29) is 22.7 Å². The van der Waals surface area contributed by atoms with Crippen molar-refractivity contribution in [2.24, 2.45) is 0 Å². The number of nitrogens with zero attached hydrogens (tertiary/aromatic N) is 1. The molecule has 0 saturated carbocycles. The predicted octanol–water partition coefficient (Wildman–Crippen LogP) is 5.01. The Balaban J connectivity index is 1.63. The van der Waals surface area contributed by atoms with Gasteiger partial charge in [-0.2, -0.15) is 0 Å². The van der Waals surface area contributed by atoms with E-state index < -0.39 is 21.8 Å². The maximum atomic E-state index is 13.3. The van der Waals surface area contributed by atoms with Gasteiger partial charge in [0.15, 0.2) is 0 Å². The minimum atomic E-state index is -3.74. The topological polar surface area (TPSA) is 106 Å². The minimum Gasteiger partial charge on any atom is -0.465 e. The highest BCUT2D eigenvalue weighted by Crippen LogP contribution is 2.36. The lowest BCUT2D eigenvalue weighted by Crippen LogP contribution is -2.22. The van der Waals surface area contributed by atoms with Gasteiger partial charge in [0.1, 0.15) is 17.1 Å². The number of furan rings is 1. The van der Waals surface area contributed by atoms with E-state index in [1.54, 1.807) is 36.1 Å². The predicted molar refractivity (Wildman–Crippen MR) is 143 cm³/mol. The number of rotatable bonds is 7. The Kier molecular flexibility index (Phi) is 7.54. The van der Waals surface area contributed by atoms with E-state index in [9.17, 15) is 18.0 Å². The molecule has 0 saturated heterocycles. The van der Waals surface area contributed by atoms with Crippen LogP contribution in [0.4, 0.5) is 5.69 Å². The van der Waals surface area contributed by atoms with Crippen molar-refractivity contribution >= 4 is 49.5 Å². The first-order valence-electron chi connectivity index (χ1n) is 11.3. The number of hydrogen-bond donors (Lipinski definition) is 1. The Morgan fingerprint density at radius 1 is 1.05 bits per heavy atom. The maximum absolute atomic E-state index is 13.3. The first kappa shape index (κ1) is 26.6. The molecule has 0 unspecified atom stereocenters. The van der Waals surface area contributed by atoms with E-state index in [0.29, 0.717) is 17.2 Å². The molecule has 0 aliphatic carbocycles. The van der Waals surface area contributed by atoms with Gasteiger partial charge in [0.2, 0.25) is 15.8 Å². The second kappa shape index (κ2) is 10.5. The summed E-state index contributed by atoms with van der Waals surface area (Å²) in [4.78, 5) is 27.6. The number of sulfonamides is 1. The molecular weight excluding hydrogens is 560 g/mol. The zero-order valence-electron chi connectivity index (χ0n) is 20.7. The third-order valence-electron chi connectivity index (χ3n) is 5.77. The summed E-state index contributed by atoms with van der Waals surface area (Å²) in [5, 5.41) is 0. The number of ether oxygens (including phenoxy) is 1. The molecule has 0 fully saturated rings. The van der Waals surface area contributed by atoms with E-state index in [4.69, 9.17) is 9.15 Å². The fourth-order valence-electron chi connectivity index (χ4n) is 4.14. The number of carbonyl (C=O) groups is 2. The van der Waals surface area contributed by atoms with Gasteiger partial charge in [-0.25, -0.2) is 17.9 Å². The van der Waals surface area contributed by atoms with Gasteiger partial charge < -0.3 is 14.1 Å². The lowest BCUT2D eigenvalue weighted by atomic mass is 10.1. The fourth-order valence-corrected chi connectivity index (χ4v) is 5.39. The van der Waals surface area contributed by atoms with Crippen LogP contribution in [0, 0.1) is 13.8 Å². The zero-order chi connectivity index (χ0) is 26.9. The molecule has 1 aliphatic rings. The molecule has 3 aromatic rings. The van der Waals surface area contributed by atoms with Crippen LogP contribution in [0.2, 0.25) is 0 Å². The zero-order valence-corrected chi connectivity index (χ0v) is 23.1. The Morgan fingerprint density at radius 2 is 1.70 bits per heavy atom. The SMILES string of the molecule is COC(=O)C1=C(C)N(c2cc(C)cc(C)c2)/C(=C/c2ccc(CNS(=O)(=O)c3ccc(Br)cc3)o2)C1=O. The number of allylic oxidation sites excluding steroid dienone is 2. The van der Waals surface area contributed by atoms with Crippen molar-refractivity contribution in [1.29, 1.82) is 0 Å². The van der Waals surface area contributed by atoms with Gasteiger partial charge in [0, 0.05) is 21.9 Å². The molecule has 0 amide bonds. The lowest BCUT2D eigenvalue weighted by molar-refractivity contribution is -0.137. The third-order valence-corrected chi connectivity index (χ3v) is 7.72. The largest absolute Gasteiger partial charge is 0.465 e. The second-order valence-electron chi connectivity index (χ2n) is 8.57. The number of hydrogen-bond acceptors (Lipinski definition) is 7. The van der Waals surface area contributed by atoms with Gasteiger partial charge >= 0.3 is 5.97 Å². The monoisotopic (exact) mass is 584 g/mol. The number of aryl methyl sites for hydroxylation is 2. The number of ketones is 1. The highest BCUT2D eigenvalue weighted by atomic mass is 79.9. The average Bonchev–Trinajstić information content (AvgIpc) is 3.39. The van der Waals surface area contributed by atoms with E-state index >= 15 is 0 Å². The average molecular weight is 585 g/mol. The van der Waals surface area contributed by atoms with Gasteiger partial charge in [0.05, 0.1) is 24.2 Å². The molecule has 0 spiro atoms. The van der Waals surface area contributed by atoms with Crippen molar-refractivity contribution in [3.63, 3.8) is 0 Å². The van der Waals surface area contributed by atoms with Crippen LogP contribution >= 0.6 is 15.9 Å². The van der Waals surface area contributed by atoms with Gasteiger partial charge in [-0.05, 0) is 80.4 Å². The van der Waals surface area contributed by atoms with E-state index in [1.165, 1.54) is 25.3 Å². The maximum Gasteiger partial charge on any atom is 0.343 e. The standard InChI is InChI=1S/C27H25BrN2O6S/c1-16-11-17(2)13-20(12-16)30-18(3)25(27(32)35-4)26(31)24(30)14-21-7-8-22(36-21)15-29-37(33,34)23-9-5-19(28)6-10-23/h5-14,29H,15H2,1-4H3/b24-14+. The van der Waals surface area contributed by atoms with Crippen LogP contribution in [0.1, 0.15) is 29.6 Å². The molecule has 0 bridgehead atoms. The van der Waals surface area contributed by atoms with Crippen molar-refractivity contribution in [2.75, 3.05) is 12.0 Å². The number of methoxy groups -OCH3 is 1. The molecule has 1 aliphatic heterocycles. The Morgan fingerprint density at radius 3 is 2.32 bits per heavy atom. The number of benzene rings is 2. The van der Waals surface area contributed by atoms with Gasteiger partial charge in [-0.15, -0.1) is 0 Å². The van der Waals surface area contributed by atoms with Gasteiger partial charge in [-0.3, -0.25) is 4.79 Å². The van der Waals surface area contributed by atoms with Crippen LogP contribution in [0.5, 0.6) is 0 Å². The van der Waals surface area contributed by atoms with Gasteiger partial charge in [0.25, 0.3) is 0 Å². The van der Waals surface area contributed by atoms with Crippen LogP contribution in [-0.2, 0) is 30.9 Å². The number of nitrogens with one attached hydrogen (secondary N) is 1. The van der Waals surface area contributed by atoms with Crippen LogP contribution in [0.15, 0.2) is 85.3 Å². The van der Waals surface area contributed by atoms with Crippen molar-refractivity contribution in [1.82, 2.24) is 4.72 Å². The first-order chi connectivity index (χ1) is 17.5. The number of anilines is 1. The fraction of sp³-hybridized carbons (Fsp3) is 0.185. The Bertz CT molecular complexity index is 1530. The highest BCUT2D eigenvalue weighted by molar-refractivity contribution is 9.10. The van der Waals surface area contributed by atoms with Gasteiger partial charge in [-0.1, -0.05) is 22.0 Å². The summed E-state index contributed by atoms with van der Waals surface area (Å²) in [6, 6.07) is 15.4. The molecule has 0 radical (unpaired) electrons. The van der Waals surface area contributed by atoms with E-state index in [0.717, 1.165) is 21.3 Å². The first-order valence-corrected chi connectivity index (χ1v) is 13.6. The second-order valence-corrected chi connectivity index (χ2v) is 11.3. The molecule has 8 nitrogen and oxygen atoms in total. The van der Waals surface area contributed by atoms with Crippen molar-refractivity contribution in [3.05, 3.63) is 98.7 Å². The molecule has 10 heteroatoms. The van der Waals surface area contributed by atoms with Crippen LogP contribution < -0.4 is 9.62 Å². The molecular formula is C27H25BrN2O6S. The van der Waals surface area contributed by atoms with Crippen LogP contribution in [-0.4, -0.2) is 27.3 Å². The summed E-state index contributed by atoms with van der Waals surface area (Å²) in [7, 11) is -2.51. The molecule has 2 heterocycles. The van der Waals surface area contributed by atoms with E-state index in [2.05, 4.69) is 20.7 Å².